The largest absolute Gasteiger partial charge is 0.490 e. The summed E-state index contributed by atoms with van der Waals surface area (Å²) < 4.78 is 42.6. The molecule has 1 aliphatic heterocycles. The molecule has 0 unspecified atom stereocenters. The number of hydrogen-bond acceptors (Lipinski definition) is 6. The number of sulfone groups is 1. The van der Waals surface area contributed by atoms with Crippen molar-refractivity contribution in [1.82, 2.24) is 4.90 Å². The number of halogens is 1. The SMILES string of the molecule is CCOc1cc(C(=O)N2CC(S(=O)(=O)c3ccc(Cl)cc3)C2)cc(OCC)c1OCC. The van der Waals surface area contributed by atoms with Crippen LogP contribution in [0.3, 0.4) is 0 Å². The maximum atomic E-state index is 13.0. The fourth-order valence-corrected chi connectivity index (χ4v) is 5.09. The molecule has 31 heavy (non-hydrogen) atoms. The van der Waals surface area contributed by atoms with E-state index in [0.29, 0.717) is 47.7 Å². The first kappa shape index (κ1) is 23.2. The van der Waals surface area contributed by atoms with Crippen LogP contribution in [0.25, 0.3) is 0 Å². The average molecular weight is 468 g/mol. The lowest BCUT2D eigenvalue weighted by Crippen LogP contribution is -2.56. The number of carbonyl (C=O) groups excluding carboxylic acids is 1. The first-order chi connectivity index (χ1) is 14.8. The van der Waals surface area contributed by atoms with Gasteiger partial charge in [-0.25, -0.2) is 8.42 Å². The summed E-state index contributed by atoms with van der Waals surface area (Å²) in [7, 11) is -3.54. The van der Waals surface area contributed by atoms with E-state index in [1.54, 1.807) is 24.3 Å². The molecule has 9 heteroatoms. The second-order valence-electron chi connectivity index (χ2n) is 6.93. The molecule has 2 aromatic rings. The lowest BCUT2D eigenvalue weighted by Gasteiger charge is -2.38. The van der Waals surface area contributed by atoms with Gasteiger partial charge >= 0.3 is 0 Å². The Morgan fingerprint density at radius 2 is 1.48 bits per heavy atom. The number of likely N-dealkylation sites (tertiary alicyclic amines) is 1. The van der Waals surface area contributed by atoms with Gasteiger partial charge < -0.3 is 19.1 Å². The van der Waals surface area contributed by atoms with Gasteiger partial charge in [0.15, 0.2) is 21.3 Å². The Morgan fingerprint density at radius 1 is 0.968 bits per heavy atom. The molecule has 7 nitrogen and oxygen atoms in total. The zero-order chi connectivity index (χ0) is 22.6. The molecule has 0 bridgehead atoms. The highest BCUT2D eigenvalue weighted by molar-refractivity contribution is 7.92. The molecule has 0 aromatic heterocycles. The molecule has 0 saturated carbocycles. The molecule has 1 amide bonds. The Hall–Kier alpha value is -2.45. The van der Waals surface area contributed by atoms with Crippen molar-refractivity contribution in [2.24, 2.45) is 0 Å². The Bertz CT molecular complexity index is 1010. The molecule has 1 aliphatic rings. The van der Waals surface area contributed by atoms with E-state index in [1.165, 1.54) is 17.0 Å². The lowest BCUT2D eigenvalue weighted by atomic mass is 10.1. The molecule has 1 saturated heterocycles. The Morgan fingerprint density at radius 3 is 1.97 bits per heavy atom. The molecular weight excluding hydrogens is 442 g/mol. The van der Waals surface area contributed by atoms with E-state index in [0.717, 1.165) is 0 Å². The maximum absolute atomic E-state index is 13.0. The van der Waals surface area contributed by atoms with Crippen LogP contribution in [0.2, 0.25) is 5.02 Å². The number of benzene rings is 2. The summed E-state index contributed by atoms with van der Waals surface area (Å²) in [6.07, 6.45) is 0. The first-order valence-corrected chi connectivity index (χ1v) is 12.1. The van der Waals surface area contributed by atoms with E-state index in [9.17, 15) is 13.2 Å². The maximum Gasteiger partial charge on any atom is 0.254 e. The standard InChI is InChI=1S/C22H26ClNO6S/c1-4-28-19-11-15(12-20(29-5-2)21(19)30-6-3)22(25)24-13-18(14-24)31(26,27)17-9-7-16(23)8-10-17/h7-12,18H,4-6,13-14H2,1-3H3. The molecule has 0 aliphatic carbocycles. The number of carbonyl (C=O) groups is 1. The number of rotatable bonds is 9. The summed E-state index contributed by atoms with van der Waals surface area (Å²) in [5, 5.41) is -0.187. The fourth-order valence-electron chi connectivity index (χ4n) is 3.31. The van der Waals surface area contributed by atoms with Gasteiger partial charge in [0.05, 0.1) is 24.7 Å². The van der Waals surface area contributed by atoms with E-state index in [4.69, 9.17) is 25.8 Å². The third-order valence-electron chi connectivity index (χ3n) is 4.87. The molecule has 0 spiro atoms. The minimum absolute atomic E-state index is 0.116. The summed E-state index contributed by atoms with van der Waals surface area (Å²) >= 11 is 5.85. The van der Waals surface area contributed by atoms with Crippen LogP contribution in [0.1, 0.15) is 31.1 Å². The molecule has 1 heterocycles. The van der Waals surface area contributed by atoms with Crippen LogP contribution in [0.15, 0.2) is 41.3 Å². The summed E-state index contributed by atoms with van der Waals surface area (Å²) in [5.74, 6) is 1.01. The third kappa shape index (κ3) is 4.91. The average Bonchev–Trinajstić information content (AvgIpc) is 2.69. The highest BCUT2D eigenvalue weighted by atomic mass is 35.5. The van der Waals surface area contributed by atoms with Crippen LogP contribution in [-0.2, 0) is 9.84 Å². The van der Waals surface area contributed by atoms with Gasteiger partial charge in [0.25, 0.3) is 5.91 Å². The van der Waals surface area contributed by atoms with Crippen LogP contribution >= 0.6 is 11.6 Å². The Kier molecular flexibility index (Phi) is 7.33. The fraction of sp³-hybridized carbons (Fsp3) is 0.409. The number of nitrogens with zero attached hydrogens (tertiary/aromatic N) is 1. The molecule has 0 N–H and O–H groups in total. The highest BCUT2D eigenvalue weighted by Crippen LogP contribution is 2.40. The predicted octanol–water partition coefficient (Wildman–Crippen LogP) is 3.83. The van der Waals surface area contributed by atoms with E-state index >= 15 is 0 Å². The van der Waals surface area contributed by atoms with E-state index in [-0.39, 0.29) is 23.9 Å². The molecular formula is C22H26ClNO6S. The van der Waals surface area contributed by atoms with Gasteiger partial charge in [-0.05, 0) is 57.2 Å². The second-order valence-corrected chi connectivity index (χ2v) is 9.60. The van der Waals surface area contributed by atoms with Gasteiger partial charge in [0, 0.05) is 23.7 Å². The van der Waals surface area contributed by atoms with Gasteiger partial charge in [-0.15, -0.1) is 0 Å². The topological polar surface area (TPSA) is 82.1 Å². The van der Waals surface area contributed by atoms with E-state index in [1.807, 2.05) is 20.8 Å². The van der Waals surface area contributed by atoms with Gasteiger partial charge in [-0.3, -0.25) is 4.79 Å². The normalized spacial score (nSPS) is 14.1. The molecule has 2 aromatic carbocycles. The molecule has 0 radical (unpaired) electrons. The highest BCUT2D eigenvalue weighted by Gasteiger charge is 2.41. The van der Waals surface area contributed by atoms with Crippen molar-refractivity contribution in [3.8, 4) is 17.2 Å². The Balaban J connectivity index is 1.80. The van der Waals surface area contributed by atoms with Crippen molar-refractivity contribution in [2.75, 3.05) is 32.9 Å². The third-order valence-corrected chi connectivity index (χ3v) is 7.23. The molecule has 1 fully saturated rings. The van der Waals surface area contributed by atoms with E-state index in [2.05, 4.69) is 0 Å². The zero-order valence-corrected chi connectivity index (χ0v) is 19.3. The first-order valence-electron chi connectivity index (χ1n) is 10.2. The number of amides is 1. The molecule has 3 rings (SSSR count). The monoisotopic (exact) mass is 467 g/mol. The van der Waals surface area contributed by atoms with Gasteiger partial charge in [0.1, 0.15) is 5.25 Å². The van der Waals surface area contributed by atoms with Crippen LogP contribution in [-0.4, -0.2) is 57.4 Å². The summed E-state index contributed by atoms with van der Waals surface area (Å²) in [5.41, 5.74) is 0.359. The lowest BCUT2D eigenvalue weighted by molar-refractivity contribution is 0.0657. The molecule has 168 valence electrons. The van der Waals surface area contributed by atoms with Crippen LogP contribution < -0.4 is 14.2 Å². The predicted molar refractivity (Wildman–Crippen MR) is 118 cm³/mol. The van der Waals surface area contributed by atoms with Crippen LogP contribution in [0, 0.1) is 0 Å². The van der Waals surface area contributed by atoms with Crippen LogP contribution in [0.4, 0.5) is 0 Å². The van der Waals surface area contributed by atoms with Crippen molar-refractivity contribution in [3.05, 3.63) is 47.0 Å². The van der Waals surface area contributed by atoms with Crippen molar-refractivity contribution in [2.45, 2.75) is 30.9 Å². The van der Waals surface area contributed by atoms with Crippen molar-refractivity contribution in [3.63, 3.8) is 0 Å². The van der Waals surface area contributed by atoms with Crippen molar-refractivity contribution in [1.29, 1.82) is 0 Å². The summed E-state index contributed by atoms with van der Waals surface area (Å²) in [6.45, 7) is 6.98. The smallest absolute Gasteiger partial charge is 0.254 e. The molecule has 0 atom stereocenters. The van der Waals surface area contributed by atoms with Crippen LogP contribution in [0.5, 0.6) is 17.2 Å². The summed E-state index contributed by atoms with van der Waals surface area (Å²) in [6, 6.07) is 9.27. The van der Waals surface area contributed by atoms with Crippen molar-refractivity contribution >= 4 is 27.3 Å². The zero-order valence-electron chi connectivity index (χ0n) is 17.8. The Labute approximate surface area is 187 Å². The van der Waals surface area contributed by atoms with Crippen molar-refractivity contribution < 1.29 is 27.4 Å². The van der Waals surface area contributed by atoms with Gasteiger partial charge in [-0.1, -0.05) is 11.6 Å². The minimum Gasteiger partial charge on any atom is -0.490 e. The van der Waals surface area contributed by atoms with Gasteiger partial charge in [-0.2, -0.15) is 0 Å². The van der Waals surface area contributed by atoms with E-state index < -0.39 is 15.1 Å². The summed E-state index contributed by atoms with van der Waals surface area (Å²) in [4.78, 5) is 14.7. The minimum atomic E-state index is -3.54. The number of hydrogen-bond donors (Lipinski definition) is 0. The number of ether oxygens (including phenoxy) is 3. The van der Waals surface area contributed by atoms with Gasteiger partial charge in [0.2, 0.25) is 5.75 Å². The quantitative estimate of drug-likeness (QED) is 0.557. The second kappa shape index (κ2) is 9.78.